The van der Waals surface area contributed by atoms with E-state index in [9.17, 15) is 9.59 Å². The highest BCUT2D eigenvalue weighted by molar-refractivity contribution is 6.17. The minimum atomic E-state index is -0.127. The number of nitrogens with zero attached hydrogens (tertiary/aromatic N) is 3. The van der Waals surface area contributed by atoms with Crippen LogP contribution in [0.15, 0.2) is 109 Å². The van der Waals surface area contributed by atoms with Gasteiger partial charge in [0.1, 0.15) is 0 Å². The SMILES string of the molecule is O=C1C=CC(=O)C(CN2Cc3ccc4c(c3)c3ccccc3n4CCCn3c4ccccc4c4cc(ccc43)C2)=C1. The molecule has 0 fully saturated rings. The minimum absolute atomic E-state index is 0.0891. The monoisotopic (exact) mass is 535 g/mol. The largest absolute Gasteiger partial charge is 0.340 e. The van der Waals surface area contributed by atoms with Gasteiger partial charge in [0.15, 0.2) is 11.6 Å². The highest BCUT2D eigenvalue weighted by atomic mass is 16.1. The highest BCUT2D eigenvalue weighted by Gasteiger charge is 2.20. The standard InChI is InChI=1S/C36H29N3O2/c40-27-12-15-36(41)26(20-27)23-37-21-24-10-13-34-30(18-24)28-6-1-3-8-32(28)38(34)16-5-17-39-33-9-4-2-7-29(33)31-19-25(22-37)11-14-35(31)39/h1-4,6-15,18-20H,5,16-17,21-23H2. The van der Waals surface area contributed by atoms with Gasteiger partial charge in [0.25, 0.3) is 0 Å². The molecule has 0 radical (unpaired) electrons. The molecule has 41 heavy (non-hydrogen) atoms. The molecule has 0 unspecified atom stereocenters. The molecule has 0 saturated heterocycles. The highest BCUT2D eigenvalue weighted by Crippen LogP contribution is 2.33. The van der Waals surface area contributed by atoms with Crippen LogP contribution in [0.5, 0.6) is 0 Å². The van der Waals surface area contributed by atoms with Crippen LogP contribution in [0.3, 0.4) is 0 Å². The molecule has 0 atom stereocenters. The topological polar surface area (TPSA) is 47.2 Å². The van der Waals surface area contributed by atoms with Gasteiger partial charge in [0, 0.05) is 81.9 Å². The maximum atomic E-state index is 12.7. The van der Waals surface area contributed by atoms with Crippen LogP contribution in [0.25, 0.3) is 43.6 Å². The van der Waals surface area contributed by atoms with Gasteiger partial charge in [-0.25, -0.2) is 0 Å². The molecule has 0 amide bonds. The van der Waals surface area contributed by atoms with Crippen molar-refractivity contribution in [1.29, 1.82) is 0 Å². The van der Waals surface area contributed by atoms with Crippen molar-refractivity contribution in [2.75, 3.05) is 6.54 Å². The number of carbonyl (C=O) groups excluding carboxylic acids is 2. The molecule has 5 heteroatoms. The van der Waals surface area contributed by atoms with E-state index in [1.165, 1.54) is 73.0 Å². The zero-order chi connectivity index (χ0) is 27.5. The lowest BCUT2D eigenvalue weighted by Gasteiger charge is -2.24. The molecule has 8 bridgehead atoms. The fourth-order valence-corrected chi connectivity index (χ4v) is 6.87. The van der Waals surface area contributed by atoms with Crippen LogP contribution in [0, 0.1) is 0 Å². The van der Waals surface area contributed by atoms with Crippen LogP contribution < -0.4 is 0 Å². The van der Waals surface area contributed by atoms with Crippen molar-refractivity contribution in [3.63, 3.8) is 0 Å². The molecule has 11 rings (SSSR count). The van der Waals surface area contributed by atoms with Crippen molar-refractivity contribution in [3.8, 4) is 0 Å². The average Bonchev–Trinajstić information content (AvgIpc) is 3.47. The summed E-state index contributed by atoms with van der Waals surface area (Å²) in [5.74, 6) is -0.216. The summed E-state index contributed by atoms with van der Waals surface area (Å²) in [5.41, 5.74) is 7.95. The van der Waals surface area contributed by atoms with E-state index >= 15 is 0 Å². The van der Waals surface area contributed by atoms with Gasteiger partial charge >= 0.3 is 0 Å². The van der Waals surface area contributed by atoms with Crippen LogP contribution in [0.1, 0.15) is 17.5 Å². The molecule has 0 spiro atoms. The Bertz CT molecular complexity index is 1980. The van der Waals surface area contributed by atoms with E-state index in [2.05, 4.69) is 99.0 Å². The fraction of sp³-hybridized carbons (Fsp3) is 0.167. The molecular formula is C36H29N3O2. The lowest BCUT2D eigenvalue weighted by atomic mass is 10.0. The van der Waals surface area contributed by atoms with Gasteiger partial charge in [-0.15, -0.1) is 0 Å². The van der Waals surface area contributed by atoms with Crippen LogP contribution >= 0.6 is 0 Å². The van der Waals surface area contributed by atoms with Crippen molar-refractivity contribution in [2.45, 2.75) is 32.6 Å². The van der Waals surface area contributed by atoms with E-state index < -0.39 is 0 Å². The Hall–Kier alpha value is -4.74. The molecule has 200 valence electrons. The van der Waals surface area contributed by atoms with E-state index in [1.807, 2.05) is 0 Å². The first-order valence-electron chi connectivity index (χ1n) is 14.3. The smallest absolute Gasteiger partial charge is 0.183 e. The summed E-state index contributed by atoms with van der Waals surface area (Å²) < 4.78 is 4.93. The molecule has 5 nitrogen and oxygen atoms in total. The molecular weight excluding hydrogens is 506 g/mol. The number of aryl methyl sites for hydroxylation is 2. The second-order valence-electron chi connectivity index (χ2n) is 11.3. The zero-order valence-electron chi connectivity index (χ0n) is 22.7. The predicted octanol–water partition coefficient (Wildman–Crippen LogP) is 6.94. The molecule has 1 aliphatic carbocycles. The van der Waals surface area contributed by atoms with Crippen molar-refractivity contribution < 1.29 is 9.59 Å². The van der Waals surface area contributed by atoms with Crippen LogP contribution in [-0.4, -0.2) is 32.1 Å². The van der Waals surface area contributed by atoms with E-state index in [4.69, 9.17) is 0 Å². The van der Waals surface area contributed by atoms with E-state index in [0.29, 0.717) is 25.2 Å². The maximum Gasteiger partial charge on any atom is 0.183 e. The number of allylic oxidation sites excluding steroid dienone is 3. The summed E-state index contributed by atoms with van der Waals surface area (Å²) in [6, 6.07) is 30.9. The van der Waals surface area contributed by atoms with Crippen LogP contribution in [-0.2, 0) is 35.8 Å². The summed E-state index contributed by atoms with van der Waals surface area (Å²) in [7, 11) is 0. The Labute approximate surface area is 237 Å². The molecule has 0 N–H and O–H groups in total. The quantitative estimate of drug-likeness (QED) is 0.226. The first-order valence-corrected chi connectivity index (χ1v) is 14.3. The average molecular weight is 536 g/mol. The van der Waals surface area contributed by atoms with Crippen LogP contribution in [0.2, 0.25) is 0 Å². The van der Waals surface area contributed by atoms with Crippen molar-refractivity contribution in [3.05, 3.63) is 120 Å². The van der Waals surface area contributed by atoms with Crippen molar-refractivity contribution in [2.24, 2.45) is 0 Å². The Kier molecular flexibility index (Phi) is 5.54. The number of fused-ring (bicyclic) bond motifs is 2. The molecule has 0 saturated carbocycles. The second-order valence-corrected chi connectivity index (χ2v) is 11.3. The number of rotatable bonds is 2. The third-order valence-electron chi connectivity index (χ3n) is 8.68. The normalized spacial score (nSPS) is 16.4. The summed E-state index contributed by atoms with van der Waals surface area (Å²) in [6.07, 6.45) is 5.27. The number of ketones is 2. The maximum absolute atomic E-state index is 12.7. The van der Waals surface area contributed by atoms with Gasteiger partial charge in [0.2, 0.25) is 0 Å². The third kappa shape index (κ3) is 4.04. The van der Waals surface area contributed by atoms with E-state index in [0.717, 1.165) is 19.5 Å². The number of benzene rings is 4. The molecule has 2 aromatic heterocycles. The number of carbonyl (C=O) groups is 2. The number of hydrogen-bond donors (Lipinski definition) is 0. The summed E-state index contributed by atoms with van der Waals surface area (Å²) in [6.45, 7) is 3.60. The Balaban J connectivity index is 1.31. The number of aromatic nitrogens is 2. The number of hydrogen-bond acceptors (Lipinski definition) is 3. The molecule has 4 aromatic carbocycles. The lowest BCUT2D eigenvalue weighted by Crippen LogP contribution is -2.28. The Morgan fingerprint density at radius 1 is 0.585 bits per heavy atom. The third-order valence-corrected chi connectivity index (χ3v) is 8.68. The summed E-state index contributed by atoms with van der Waals surface area (Å²) in [4.78, 5) is 27.2. The molecule has 6 heterocycles. The fourth-order valence-electron chi connectivity index (χ4n) is 6.87. The predicted molar refractivity (Wildman–Crippen MR) is 165 cm³/mol. The van der Waals surface area contributed by atoms with Gasteiger partial charge in [-0.1, -0.05) is 48.5 Å². The van der Waals surface area contributed by atoms with E-state index in [-0.39, 0.29) is 11.6 Å². The van der Waals surface area contributed by atoms with Crippen molar-refractivity contribution >= 4 is 55.2 Å². The molecule has 5 aliphatic rings. The zero-order valence-corrected chi connectivity index (χ0v) is 22.7. The lowest BCUT2D eigenvalue weighted by molar-refractivity contribution is -0.114. The second kappa shape index (κ2) is 9.43. The van der Waals surface area contributed by atoms with Crippen LogP contribution in [0.4, 0.5) is 0 Å². The Morgan fingerprint density at radius 2 is 1.12 bits per heavy atom. The number of para-hydroxylation sites is 2. The van der Waals surface area contributed by atoms with Gasteiger partial charge in [-0.05, 0) is 72.2 Å². The van der Waals surface area contributed by atoms with Gasteiger partial charge in [-0.2, -0.15) is 0 Å². The van der Waals surface area contributed by atoms with Gasteiger partial charge in [0.05, 0.1) is 0 Å². The first-order chi connectivity index (χ1) is 20.1. The molecule has 6 aromatic rings. The van der Waals surface area contributed by atoms with Gasteiger partial charge in [-0.3, -0.25) is 14.5 Å². The Morgan fingerprint density at radius 3 is 1.71 bits per heavy atom. The summed E-state index contributed by atoms with van der Waals surface area (Å²) in [5, 5.41) is 5.05. The molecule has 4 aliphatic heterocycles. The van der Waals surface area contributed by atoms with Crippen molar-refractivity contribution in [1.82, 2.24) is 14.0 Å². The summed E-state index contributed by atoms with van der Waals surface area (Å²) >= 11 is 0. The van der Waals surface area contributed by atoms with E-state index in [1.54, 1.807) is 0 Å². The first kappa shape index (κ1) is 24.1. The van der Waals surface area contributed by atoms with Gasteiger partial charge < -0.3 is 9.13 Å². The minimum Gasteiger partial charge on any atom is -0.340 e.